The van der Waals surface area contributed by atoms with Crippen molar-refractivity contribution in [1.82, 2.24) is 5.32 Å². The molecule has 1 saturated heterocycles. The van der Waals surface area contributed by atoms with Crippen molar-refractivity contribution in [2.24, 2.45) is 0 Å². The minimum absolute atomic E-state index is 0.151. The number of hydrogen-bond donors (Lipinski definition) is 2. The molecule has 2 rings (SSSR count). The number of rotatable bonds is 6. The topological polar surface area (TPSA) is 84.9 Å². The molecular weight excluding hydrogens is 274 g/mol. The number of aliphatic carboxylic acids is 1. The van der Waals surface area contributed by atoms with Gasteiger partial charge in [-0.3, -0.25) is 4.79 Å². The first-order valence-electron chi connectivity index (χ1n) is 6.96. The van der Waals surface area contributed by atoms with Gasteiger partial charge in [-0.25, -0.2) is 4.79 Å². The molecule has 0 spiro atoms. The van der Waals surface area contributed by atoms with Gasteiger partial charge in [0.15, 0.2) is 0 Å². The third-order valence-electron chi connectivity index (χ3n) is 3.32. The Kier molecular flexibility index (Phi) is 5.57. The number of nitrogens with one attached hydrogen (secondary N) is 1. The molecule has 0 radical (unpaired) electrons. The molecule has 0 aliphatic carbocycles. The van der Waals surface area contributed by atoms with Crippen LogP contribution >= 0.6 is 0 Å². The number of amides is 1. The number of carbonyl (C=O) groups excluding carboxylic acids is 1. The first kappa shape index (κ1) is 15.3. The van der Waals surface area contributed by atoms with E-state index in [2.05, 4.69) is 5.32 Å². The van der Waals surface area contributed by atoms with Crippen LogP contribution in [0.3, 0.4) is 0 Å². The maximum absolute atomic E-state index is 11.8. The van der Waals surface area contributed by atoms with Crippen molar-refractivity contribution in [2.75, 3.05) is 6.61 Å². The number of carbonyl (C=O) groups is 2. The van der Waals surface area contributed by atoms with Crippen LogP contribution in [0.25, 0.3) is 0 Å². The number of ether oxygens (including phenoxy) is 2. The van der Waals surface area contributed by atoms with Gasteiger partial charge in [0.1, 0.15) is 6.61 Å². The van der Waals surface area contributed by atoms with Crippen molar-refractivity contribution in [2.45, 2.75) is 38.0 Å². The molecule has 1 aromatic rings. The minimum atomic E-state index is -0.973. The van der Waals surface area contributed by atoms with E-state index in [0.717, 1.165) is 18.4 Å². The van der Waals surface area contributed by atoms with E-state index in [0.29, 0.717) is 6.61 Å². The lowest BCUT2D eigenvalue weighted by Gasteiger charge is -2.22. The third-order valence-corrected chi connectivity index (χ3v) is 3.32. The fraction of sp³-hybridized carbons (Fsp3) is 0.467. The van der Waals surface area contributed by atoms with Crippen molar-refractivity contribution in [3.8, 4) is 0 Å². The molecule has 1 aliphatic heterocycles. The third kappa shape index (κ3) is 5.07. The standard InChI is InChI=1S/C15H19NO5/c17-14(18)9-12(13-7-4-8-20-13)16-15(19)21-10-11-5-2-1-3-6-11/h1-3,5-6,12-13H,4,7-10H2,(H,16,19)(H,17,18)/t12-,13?/m1/s1. The van der Waals surface area contributed by atoms with Gasteiger partial charge in [0.25, 0.3) is 0 Å². The smallest absolute Gasteiger partial charge is 0.407 e. The Morgan fingerprint density at radius 3 is 2.76 bits per heavy atom. The van der Waals surface area contributed by atoms with E-state index in [9.17, 15) is 9.59 Å². The highest BCUT2D eigenvalue weighted by atomic mass is 16.5. The Bertz CT molecular complexity index is 470. The molecule has 1 aliphatic rings. The molecule has 1 aromatic carbocycles. The molecule has 114 valence electrons. The predicted octanol–water partition coefficient (Wildman–Crippen LogP) is 1.94. The molecule has 1 heterocycles. The normalized spacial score (nSPS) is 19.0. The fourth-order valence-corrected chi connectivity index (χ4v) is 2.30. The van der Waals surface area contributed by atoms with Crippen LogP contribution in [0.5, 0.6) is 0 Å². The number of alkyl carbamates (subject to hydrolysis) is 1. The summed E-state index contributed by atoms with van der Waals surface area (Å²) in [5.41, 5.74) is 0.875. The highest BCUT2D eigenvalue weighted by Gasteiger charge is 2.29. The first-order valence-corrected chi connectivity index (χ1v) is 6.96. The summed E-state index contributed by atoms with van der Waals surface area (Å²) in [6.45, 7) is 0.750. The minimum Gasteiger partial charge on any atom is -0.481 e. The second-order valence-electron chi connectivity index (χ2n) is 4.96. The molecule has 2 N–H and O–H groups in total. The zero-order chi connectivity index (χ0) is 15.1. The lowest BCUT2D eigenvalue weighted by atomic mass is 10.1. The van der Waals surface area contributed by atoms with E-state index < -0.39 is 18.1 Å². The first-order chi connectivity index (χ1) is 10.1. The fourth-order valence-electron chi connectivity index (χ4n) is 2.30. The summed E-state index contributed by atoms with van der Waals surface area (Å²) in [5.74, 6) is -0.973. The summed E-state index contributed by atoms with van der Waals surface area (Å²) in [6.07, 6.45) is 0.565. The molecule has 0 aromatic heterocycles. The van der Waals surface area contributed by atoms with Gasteiger partial charge in [-0.05, 0) is 18.4 Å². The number of carboxylic acid groups (broad SMARTS) is 1. The molecule has 6 heteroatoms. The lowest BCUT2D eigenvalue weighted by Crippen LogP contribution is -2.44. The van der Waals surface area contributed by atoms with Crippen molar-refractivity contribution in [3.05, 3.63) is 35.9 Å². The Morgan fingerprint density at radius 2 is 2.14 bits per heavy atom. The maximum atomic E-state index is 11.8. The summed E-state index contributed by atoms with van der Waals surface area (Å²) in [5, 5.41) is 11.5. The molecule has 0 bridgehead atoms. The van der Waals surface area contributed by atoms with Crippen LogP contribution in [0.15, 0.2) is 30.3 Å². The average Bonchev–Trinajstić information content (AvgIpc) is 2.99. The van der Waals surface area contributed by atoms with Crippen LogP contribution in [-0.2, 0) is 20.9 Å². The van der Waals surface area contributed by atoms with Gasteiger partial charge in [-0.2, -0.15) is 0 Å². The SMILES string of the molecule is O=C(O)C[C@@H](NC(=O)OCc1ccccc1)C1CCCO1. The number of carboxylic acids is 1. The highest BCUT2D eigenvalue weighted by molar-refractivity contribution is 5.71. The van der Waals surface area contributed by atoms with Gasteiger partial charge in [0.05, 0.1) is 18.6 Å². The van der Waals surface area contributed by atoms with E-state index in [4.69, 9.17) is 14.6 Å². The largest absolute Gasteiger partial charge is 0.481 e. The summed E-state index contributed by atoms with van der Waals surface area (Å²) in [7, 11) is 0. The monoisotopic (exact) mass is 293 g/mol. The van der Waals surface area contributed by atoms with E-state index in [1.165, 1.54) is 0 Å². The molecular formula is C15H19NO5. The Balaban J connectivity index is 1.83. The van der Waals surface area contributed by atoms with Gasteiger partial charge >= 0.3 is 12.1 Å². The van der Waals surface area contributed by atoms with E-state index in [-0.39, 0.29) is 19.1 Å². The molecule has 1 unspecified atom stereocenters. The van der Waals surface area contributed by atoms with Crippen LogP contribution < -0.4 is 5.32 Å². The molecule has 1 fully saturated rings. The molecule has 0 saturated carbocycles. The van der Waals surface area contributed by atoms with Crippen molar-refractivity contribution in [3.63, 3.8) is 0 Å². The molecule has 1 amide bonds. The second-order valence-corrected chi connectivity index (χ2v) is 4.96. The average molecular weight is 293 g/mol. The Hall–Kier alpha value is -2.08. The van der Waals surface area contributed by atoms with E-state index >= 15 is 0 Å². The van der Waals surface area contributed by atoms with Crippen molar-refractivity contribution >= 4 is 12.1 Å². The van der Waals surface area contributed by atoms with Crippen molar-refractivity contribution in [1.29, 1.82) is 0 Å². The Morgan fingerprint density at radius 1 is 1.38 bits per heavy atom. The summed E-state index contributed by atoms with van der Waals surface area (Å²) in [4.78, 5) is 22.7. The van der Waals surface area contributed by atoms with Crippen LogP contribution in [0, 0.1) is 0 Å². The predicted molar refractivity (Wildman–Crippen MR) is 74.8 cm³/mol. The Labute approximate surface area is 123 Å². The van der Waals surface area contributed by atoms with Gasteiger partial charge in [-0.15, -0.1) is 0 Å². The highest BCUT2D eigenvalue weighted by Crippen LogP contribution is 2.18. The summed E-state index contributed by atoms with van der Waals surface area (Å²) >= 11 is 0. The van der Waals surface area contributed by atoms with Gasteiger partial charge in [-0.1, -0.05) is 30.3 Å². The number of hydrogen-bond acceptors (Lipinski definition) is 4. The zero-order valence-corrected chi connectivity index (χ0v) is 11.7. The van der Waals surface area contributed by atoms with Gasteiger partial charge in [0.2, 0.25) is 0 Å². The van der Waals surface area contributed by atoms with Gasteiger partial charge < -0.3 is 19.9 Å². The maximum Gasteiger partial charge on any atom is 0.407 e. The molecule has 6 nitrogen and oxygen atoms in total. The van der Waals surface area contributed by atoms with Gasteiger partial charge in [0, 0.05) is 6.61 Å². The second kappa shape index (κ2) is 7.64. The number of benzene rings is 1. The van der Waals surface area contributed by atoms with Crippen LogP contribution in [0.2, 0.25) is 0 Å². The van der Waals surface area contributed by atoms with E-state index in [1.807, 2.05) is 30.3 Å². The van der Waals surface area contributed by atoms with Crippen LogP contribution in [0.1, 0.15) is 24.8 Å². The molecule has 2 atom stereocenters. The zero-order valence-electron chi connectivity index (χ0n) is 11.7. The van der Waals surface area contributed by atoms with Crippen LogP contribution in [-0.4, -0.2) is 35.9 Å². The van der Waals surface area contributed by atoms with Crippen LogP contribution in [0.4, 0.5) is 4.79 Å². The quantitative estimate of drug-likeness (QED) is 0.837. The summed E-state index contributed by atoms with van der Waals surface area (Å²) < 4.78 is 10.5. The molecule has 21 heavy (non-hydrogen) atoms. The summed E-state index contributed by atoms with van der Waals surface area (Å²) in [6, 6.07) is 8.73. The van der Waals surface area contributed by atoms with E-state index in [1.54, 1.807) is 0 Å². The van der Waals surface area contributed by atoms with Crippen molar-refractivity contribution < 1.29 is 24.2 Å². The lowest BCUT2D eigenvalue weighted by molar-refractivity contribution is -0.138.